The van der Waals surface area contributed by atoms with Gasteiger partial charge in [0.15, 0.2) is 28.9 Å². The van der Waals surface area contributed by atoms with E-state index in [9.17, 15) is 34.2 Å². The second-order valence-corrected chi connectivity index (χ2v) is 18.5. The molecule has 0 saturated heterocycles. The first kappa shape index (κ1) is 64.9. The highest BCUT2D eigenvalue weighted by Crippen LogP contribution is 2.35. The Labute approximate surface area is 437 Å². The molecule has 72 heavy (non-hydrogen) atoms. The van der Waals surface area contributed by atoms with Gasteiger partial charge in [0.2, 0.25) is 0 Å². The van der Waals surface area contributed by atoms with Crippen molar-refractivity contribution in [3.05, 3.63) is 196 Å². The van der Waals surface area contributed by atoms with Gasteiger partial charge in [-0.1, -0.05) is 127 Å². The number of phenolic OH excluding ortho intramolecular Hbond substituents is 3. The summed E-state index contributed by atoms with van der Waals surface area (Å²) in [5.41, 5.74) is 9.63. The van der Waals surface area contributed by atoms with Crippen molar-refractivity contribution in [1.29, 1.82) is 0 Å². The molecule has 1 heterocycles. The molecule has 0 fully saturated rings. The van der Waals surface area contributed by atoms with Gasteiger partial charge in [-0.25, -0.2) is 0 Å². The Balaban J connectivity index is 0.000000855. The molecule has 386 valence electrons. The van der Waals surface area contributed by atoms with Crippen molar-refractivity contribution in [3.63, 3.8) is 0 Å². The minimum atomic E-state index is -0.127. The van der Waals surface area contributed by atoms with Crippen molar-refractivity contribution >= 4 is 44.8 Å². The van der Waals surface area contributed by atoms with Gasteiger partial charge in [0.1, 0.15) is 41.0 Å². The number of benzene rings is 5. The third-order valence-electron chi connectivity index (χ3n) is 9.68. The fourth-order valence-electron chi connectivity index (χ4n) is 6.19. The minimum Gasteiger partial charge on any atom is -0.508 e. The molecule has 0 aliphatic carbocycles. The average molecular weight is 1050 g/mol. The van der Waals surface area contributed by atoms with Gasteiger partial charge >= 0.3 is 0 Å². The first-order valence-electron chi connectivity index (χ1n) is 22.7. The summed E-state index contributed by atoms with van der Waals surface area (Å²) >= 11 is 3.21. The largest absolute Gasteiger partial charge is 0.508 e. The summed E-state index contributed by atoms with van der Waals surface area (Å²) in [5, 5.41) is 29.0. The van der Waals surface area contributed by atoms with E-state index >= 15 is 0 Å². The lowest BCUT2D eigenvalue weighted by atomic mass is 9.98. The van der Waals surface area contributed by atoms with Crippen LogP contribution >= 0.6 is 15.9 Å². The number of allylic oxidation sites excluding steroid dienone is 3. The number of rotatable bonds is 13. The van der Waals surface area contributed by atoms with Crippen LogP contribution in [0.15, 0.2) is 152 Å². The number of hydrogen-bond acceptors (Lipinski definition) is 10. The Morgan fingerprint density at radius 3 is 1.51 bits per heavy atom. The first-order chi connectivity index (χ1) is 33.1. The maximum absolute atomic E-state index is 11.3. The van der Waals surface area contributed by atoms with E-state index in [0.29, 0.717) is 53.0 Å². The number of hydrogen-bond donors (Lipinski definition) is 3. The van der Waals surface area contributed by atoms with Crippen LogP contribution in [-0.2, 0) is 19.3 Å². The molecule has 10 nitrogen and oxygen atoms in total. The molecule has 0 radical (unpaired) electrons. The van der Waals surface area contributed by atoms with Crippen LogP contribution in [0.2, 0.25) is 0 Å². The number of aromatic hydroxyl groups is 3. The topological polar surface area (TPSA) is 164 Å². The van der Waals surface area contributed by atoms with E-state index in [2.05, 4.69) is 56.1 Å². The smallest absolute Gasteiger partial charge is 0.160 e. The maximum Gasteiger partial charge on any atom is 0.160 e. The SMILES string of the molecule is C.C=C(C)CBr.C=C(C)COc1cccc(C(C)=O)c1.C=C(C)Cc1c(O)cccc1C(C)=O.C=C(C)Cc1ccc(C(C)=O)cc1O.CC(=O)c1ccc2c(c1)OC(C)(C)C2.CC(=O)c1cccc(O)c1. The van der Waals surface area contributed by atoms with E-state index in [1.807, 2.05) is 58.0 Å². The number of ketones is 5. The minimum absolute atomic E-state index is 0. The number of Topliss-reactive ketones (excluding diaryl/α,β-unsaturated/α-hetero) is 5. The van der Waals surface area contributed by atoms with Crippen LogP contribution in [0, 0.1) is 0 Å². The highest BCUT2D eigenvalue weighted by molar-refractivity contribution is 9.09. The Morgan fingerprint density at radius 1 is 0.569 bits per heavy atom. The van der Waals surface area contributed by atoms with E-state index in [4.69, 9.17) is 14.6 Å². The molecule has 11 heteroatoms. The quantitative estimate of drug-likeness (QED) is 0.0587. The van der Waals surface area contributed by atoms with Crippen molar-refractivity contribution in [2.24, 2.45) is 0 Å². The molecule has 5 aromatic rings. The number of carbonyl (C=O) groups excluding carboxylic acids is 5. The van der Waals surface area contributed by atoms with Gasteiger partial charge < -0.3 is 24.8 Å². The lowest BCUT2D eigenvalue weighted by Crippen LogP contribution is -2.24. The van der Waals surface area contributed by atoms with E-state index in [0.717, 1.165) is 45.3 Å². The van der Waals surface area contributed by atoms with E-state index in [-0.39, 0.29) is 59.2 Å². The summed E-state index contributed by atoms with van der Waals surface area (Å²) in [6.07, 6.45) is 2.10. The van der Waals surface area contributed by atoms with Crippen LogP contribution in [0.3, 0.4) is 0 Å². The number of alkyl halides is 1. The van der Waals surface area contributed by atoms with E-state index in [1.54, 1.807) is 61.5 Å². The van der Waals surface area contributed by atoms with Gasteiger partial charge in [-0.05, 0) is 148 Å². The van der Waals surface area contributed by atoms with Crippen molar-refractivity contribution in [3.8, 4) is 28.7 Å². The Morgan fingerprint density at radius 2 is 1.06 bits per heavy atom. The van der Waals surface area contributed by atoms with Gasteiger partial charge in [0, 0.05) is 45.1 Å². The van der Waals surface area contributed by atoms with Gasteiger partial charge in [-0.3, -0.25) is 24.0 Å². The third-order valence-corrected chi connectivity index (χ3v) is 10.6. The number of halogens is 1. The molecule has 0 spiro atoms. The fourth-order valence-corrected chi connectivity index (χ4v) is 6.19. The van der Waals surface area contributed by atoms with E-state index in [1.165, 1.54) is 57.0 Å². The Hall–Kier alpha value is -7.11. The zero-order chi connectivity index (χ0) is 54.2. The highest BCUT2D eigenvalue weighted by atomic mass is 79.9. The standard InChI is InChI=1S/4C12H14O2.C8H8O2.C4H7Br.CH4/c1-8(13)9-4-5-10-7-12(2,3)14-11(10)6-9;1-8(2)6-11-5-4-10(9(3)13)7-12(11)14;1-9(2)8-14-12-6-4-5-11(7-12)10(3)13;1-8(2)7-11-10(9(3)13)5-4-6-12(11)14;1-6(9)7-3-2-4-8(10)5-7;1-4(2)3-5;/h4-6H,7H2,1-3H3;4-5,7,14H,1,6H2,2-3H3;4-7H,1,8H2,2-3H3;4-6,14H,1,7H2,2-3H3;2-5,10H,1H3;1,3H2,2H3;1H4. The van der Waals surface area contributed by atoms with Gasteiger partial charge in [0.05, 0.1) is 0 Å². The molecule has 0 atom stereocenters. The zero-order valence-corrected chi connectivity index (χ0v) is 44.8. The highest BCUT2D eigenvalue weighted by Gasteiger charge is 2.30. The predicted molar refractivity (Wildman–Crippen MR) is 298 cm³/mol. The van der Waals surface area contributed by atoms with Gasteiger partial charge in [-0.2, -0.15) is 0 Å². The number of carbonyl (C=O) groups is 5. The molecule has 6 rings (SSSR count). The molecule has 0 bridgehead atoms. The lowest BCUT2D eigenvalue weighted by Gasteiger charge is -2.16. The summed E-state index contributed by atoms with van der Waals surface area (Å²) in [7, 11) is 0. The molecule has 0 unspecified atom stereocenters. The average Bonchev–Trinajstić information content (AvgIpc) is 3.61. The van der Waals surface area contributed by atoms with Crippen LogP contribution in [-0.4, -0.2) is 61.8 Å². The third kappa shape index (κ3) is 25.1. The van der Waals surface area contributed by atoms with Gasteiger partial charge in [0.25, 0.3) is 0 Å². The Bertz CT molecular complexity index is 2710. The molecule has 0 aromatic heterocycles. The molecule has 0 saturated carbocycles. The molecular weight excluding hydrogens is 973 g/mol. The summed E-state index contributed by atoms with van der Waals surface area (Å²) < 4.78 is 11.1. The van der Waals surface area contributed by atoms with Crippen LogP contribution in [0.25, 0.3) is 0 Å². The van der Waals surface area contributed by atoms with Crippen LogP contribution in [0.4, 0.5) is 0 Å². The van der Waals surface area contributed by atoms with Crippen LogP contribution < -0.4 is 9.47 Å². The van der Waals surface area contributed by atoms with Crippen molar-refractivity contribution in [2.75, 3.05) is 11.9 Å². The van der Waals surface area contributed by atoms with E-state index < -0.39 is 0 Å². The number of ether oxygens (including phenoxy) is 2. The molecule has 3 N–H and O–H groups in total. The lowest BCUT2D eigenvalue weighted by molar-refractivity contribution is 0.100. The molecule has 1 aliphatic rings. The monoisotopic (exact) mass is 1050 g/mol. The maximum atomic E-state index is 11.3. The van der Waals surface area contributed by atoms with Crippen molar-refractivity contribution in [2.45, 2.75) is 108 Å². The Kier molecular flexibility index (Phi) is 28.8. The normalized spacial score (nSPS) is 10.9. The zero-order valence-electron chi connectivity index (χ0n) is 43.3. The molecular formula is C61H75BrO10. The summed E-state index contributed by atoms with van der Waals surface area (Å²) in [5.74, 6) is 2.07. The number of fused-ring (bicyclic) bond motifs is 1. The van der Waals surface area contributed by atoms with Crippen molar-refractivity contribution in [1.82, 2.24) is 0 Å². The van der Waals surface area contributed by atoms with Crippen LogP contribution in [0.5, 0.6) is 28.7 Å². The predicted octanol–water partition coefficient (Wildman–Crippen LogP) is 15.1. The number of phenols is 3. The summed E-state index contributed by atoms with van der Waals surface area (Å²) in [6, 6.07) is 29.1. The fraction of sp³-hybridized carbons (Fsp3) is 0.295. The molecule has 1 aliphatic heterocycles. The van der Waals surface area contributed by atoms with Gasteiger partial charge in [-0.15, -0.1) is 0 Å². The second kappa shape index (κ2) is 32.0. The second-order valence-electron chi connectivity index (χ2n) is 18.0. The molecule has 0 amide bonds. The molecule has 5 aromatic carbocycles. The first-order valence-corrected chi connectivity index (χ1v) is 23.8. The van der Waals surface area contributed by atoms with Crippen LogP contribution in [0.1, 0.15) is 152 Å². The summed E-state index contributed by atoms with van der Waals surface area (Å²) in [4.78, 5) is 55.2. The van der Waals surface area contributed by atoms with Crippen molar-refractivity contribution < 1.29 is 48.8 Å². The summed E-state index contributed by atoms with van der Waals surface area (Å²) in [6.45, 7) is 34.7.